The predicted molar refractivity (Wildman–Crippen MR) is 139 cm³/mol. The lowest BCUT2D eigenvalue weighted by Gasteiger charge is -2.11. The van der Waals surface area contributed by atoms with Crippen LogP contribution < -0.4 is 5.32 Å². The van der Waals surface area contributed by atoms with Gasteiger partial charge in [0.2, 0.25) is 0 Å². The summed E-state index contributed by atoms with van der Waals surface area (Å²) in [5, 5.41) is 4.56. The van der Waals surface area contributed by atoms with E-state index in [4.69, 9.17) is 23.8 Å². The highest BCUT2D eigenvalue weighted by molar-refractivity contribution is 7.80. The molecule has 0 saturated heterocycles. The fraction of sp³-hybridized carbons (Fsp3) is 0.107. The molecule has 5 heteroatoms. The van der Waals surface area contributed by atoms with Crippen LogP contribution in [-0.2, 0) is 0 Å². The van der Waals surface area contributed by atoms with E-state index in [2.05, 4.69) is 22.1 Å². The molecule has 3 nitrogen and oxygen atoms in total. The van der Waals surface area contributed by atoms with Gasteiger partial charge in [-0.2, -0.15) is 0 Å². The fourth-order valence-corrected chi connectivity index (χ4v) is 4.04. The van der Waals surface area contributed by atoms with E-state index in [-0.39, 0.29) is 12.3 Å². The van der Waals surface area contributed by atoms with Crippen molar-refractivity contribution >= 4 is 45.5 Å². The van der Waals surface area contributed by atoms with Crippen molar-refractivity contribution in [3.63, 3.8) is 0 Å². The molecule has 0 saturated carbocycles. The van der Waals surface area contributed by atoms with Crippen molar-refractivity contribution in [2.45, 2.75) is 13.8 Å². The zero-order valence-electron chi connectivity index (χ0n) is 18.3. The minimum Gasteiger partial charge on any atom is -0.368 e. The molecule has 4 aromatic rings. The Labute approximate surface area is 203 Å². The van der Waals surface area contributed by atoms with Gasteiger partial charge in [0.25, 0.3) is 0 Å². The Morgan fingerprint density at radius 2 is 1.82 bits per heavy atom. The third-order valence-corrected chi connectivity index (χ3v) is 6.04. The topological polar surface area (TPSA) is 42.0 Å². The molecule has 1 aromatic heterocycles. The molecule has 0 amide bonds. The molecule has 4 rings (SSSR count). The van der Waals surface area contributed by atoms with Crippen LogP contribution in [-0.4, -0.2) is 22.3 Å². The summed E-state index contributed by atoms with van der Waals surface area (Å²) in [5.41, 5.74) is 5.88. The summed E-state index contributed by atoms with van der Waals surface area (Å²) >= 11 is 11.7. The first-order valence-corrected chi connectivity index (χ1v) is 11.2. The lowest BCUT2D eigenvalue weighted by molar-refractivity contribution is 0.0996. The summed E-state index contributed by atoms with van der Waals surface area (Å²) < 4.78 is 0. The smallest absolute Gasteiger partial charge is 0.183 e. The second kappa shape index (κ2) is 9.95. The number of aryl methyl sites for hydroxylation is 2. The summed E-state index contributed by atoms with van der Waals surface area (Å²) in [5.74, 6) is 6.33. The molecule has 0 spiro atoms. The third kappa shape index (κ3) is 5.28. The van der Waals surface area contributed by atoms with Gasteiger partial charge in [-0.25, -0.2) is 0 Å². The van der Waals surface area contributed by atoms with Crippen molar-refractivity contribution in [1.82, 2.24) is 10.3 Å². The largest absolute Gasteiger partial charge is 0.368 e. The van der Waals surface area contributed by atoms with Gasteiger partial charge in [0, 0.05) is 33.8 Å². The molecule has 0 aliphatic heterocycles. The molecule has 0 radical (unpaired) electrons. The van der Waals surface area contributed by atoms with E-state index >= 15 is 0 Å². The number of aromatic nitrogens is 1. The van der Waals surface area contributed by atoms with Crippen molar-refractivity contribution in [2.24, 2.45) is 0 Å². The van der Waals surface area contributed by atoms with Crippen LogP contribution in [0.1, 0.15) is 38.2 Å². The predicted octanol–water partition coefficient (Wildman–Crippen LogP) is 6.05. The summed E-state index contributed by atoms with van der Waals surface area (Å²) in [6, 6.07) is 21.3. The number of rotatable bonds is 4. The van der Waals surface area contributed by atoms with Gasteiger partial charge < -0.3 is 5.32 Å². The van der Waals surface area contributed by atoms with Gasteiger partial charge in [0.1, 0.15) is 4.99 Å². The van der Waals surface area contributed by atoms with E-state index in [0.717, 1.165) is 38.7 Å². The number of carbonyl (C=O) groups is 1. The number of nitrogens with zero attached hydrogens (tertiary/aromatic N) is 1. The normalized spacial score (nSPS) is 10.4. The van der Waals surface area contributed by atoms with Crippen molar-refractivity contribution in [1.29, 1.82) is 0 Å². The van der Waals surface area contributed by atoms with E-state index in [9.17, 15) is 4.79 Å². The molecule has 33 heavy (non-hydrogen) atoms. The summed E-state index contributed by atoms with van der Waals surface area (Å²) in [6.07, 6.45) is 1.78. The van der Waals surface area contributed by atoms with Crippen LogP contribution in [0, 0.1) is 25.7 Å². The Kier molecular flexibility index (Phi) is 6.84. The summed E-state index contributed by atoms with van der Waals surface area (Å²) in [7, 11) is 0. The first-order valence-electron chi connectivity index (χ1n) is 10.5. The number of nitrogens with one attached hydrogen (secondary N) is 1. The SMILES string of the molecule is Cc1ccc(C(=S)NCC(=O)c2c(C)cccc2Cl)cc1C#Cc1cnc2ccccc2c1. The Morgan fingerprint density at radius 1 is 1.00 bits per heavy atom. The molecule has 0 bridgehead atoms. The zero-order valence-corrected chi connectivity index (χ0v) is 19.8. The van der Waals surface area contributed by atoms with Crippen LogP contribution in [0.3, 0.4) is 0 Å². The molecule has 1 heterocycles. The Balaban J connectivity index is 1.50. The maximum atomic E-state index is 12.7. The van der Waals surface area contributed by atoms with E-state index < -0.39 is 0 Å². The highest BCUT2D eigenvalue weighted by atomic mass is 35.5. The fourth-order valence-electron chi connectivity index (χ4n) is 3.51. The molecule has 0 unspecified atom stereocenters. The quantitative estimate of drug-likeness (QED) is 0.225. The first-order chi connectivity index (χ1) is 15.9. The summed E-state index contributed by atoms with van der Waals surface area (Å²) in [6.45, 7) is 3.95. The molecular formula is C28H21ClN2OS. The molecular weight excluding hydrogens is 448 g/mol. The van der Waals surface area contributed by atoms with Crippen molar-refractivity contribution in [3.05, 3.63) is 111 Å². The van der Waals surface area contributed by atoms with Gasteiger partial charge in [-0.1, -0.05) is 78.1 Å². The van der Waals surface area contributed by atoms with Gasteiger partial charge in [0.05, 0.1) is 17.1 Å². The van der Waals surface area contributed by atoms with Gasteiger partial charge in [-0.15, -0.1) is 0 Å². The van der Waals surface area contributed by atoms with Gasteiger partial charge in [-0.05, 0) is 49.2 Å². The Bertz CT molecular complexity index is 1430. The van der Waals surface area contributed by atoms with E-state index in [0.29, 0.717) is 15.6 Å². The number of pyridine rings is 1. The van der Waals surface area contributed by atoms with Gasteiger partial charge in [0.15, 0.2) is 5.78 Å². The van der Waals surface area contributed by atoms with E-state index in [1.165, 1.54) is 0 Å². The number of hydrogen-bond acceptors (Lipinski definition) is 3. The van der Waals surface area contributed by atoms with Crippen molar-refractivity contribution in [2.75, 3.05) is 6.54 Å². The lowest BCUT2D eigenvalue weighted by atomic mass is 10.0. The Hall–Kier alpha value is -3.52. The van der Waals surface area contributed by atoms with Crippen LogP contribution in [0.2, 0.25) is 5.02 Å². The first kappa shape index (κ1) is 22.7. The molecule has 0 aliphatic carbocycles. The van der Waals surface area contributed by atoms with Crippen LogP contribution in [0.15, 0.2) is 72.9 Å². The molecule has 1 N–H and O–H groups in total. The second-order valence-corrected chi connectivity index (χ2v) is 8.55. The second-order valence-electron chi connectivity index (χ2n) is 7.73. The number of fused-ring (bicyclic) bond motifs is 1. The van der Waals surface area contributed by atoms with Gasteiger partial charge in [-0.3, -0.25) is 9.78 Å². The number of Topliss-reactive ketones (excluding diaryl/α,β-unsaturated/α-hetero) is 1. The maximum Gasteiger partial charge on any atom is 0.183 e. The van der Waals surface area contributed by atoms with Gasteiger partial charge >= 0.3 is 0 Å². The molecule has 0 aliphatic rings. The number of halogens is 1. The Morgan fingerprint density at radius 3 is 2.64 bits per heavy atom. The number of para-hydroxylation sites is 1. The van der Waals surface area contributed by atoms with Crippen LogP contribution in [0.4, 0.5) is 0 Å². The van der Waals surface area contributed by atoms with Crippen LogP contribution in [0.25, 0.3) is 10.9 Å². The molecule has 162 valence electrons. The number of carbonyl (C=O) groups excluding carboxylic acids is 1. The number of hydrogen-bond donors (Lipinski definition) is 1. The number of benzene rings is 3. The maximum absolute atomic E-state index is 12.7. The van der Waals surface area contributed by atoms with Crippen molar-refractivity contribution in [3.8, 4) is 11.8 Å². The lowest BCUT2D eigenvalue weighted by Crippen LogP contribution is -2.29. The van der Waals surface area contributed by atoms with Crippen LogP contribution >= 0.6 is 23.8 Å². The standard InChI is InChI=1S/C28H21ClN2OS/c1-18-10-12-23(28(33)31-17-26(32)27-19(2)6-5-8-24(27)29)15-21(18)13-11-20-14-22-7-3-4-9-25(22)30-16-20/h3-10,12,14-16H,17H2,1-2H3,(H,31,33). The monoisotopic (exact) mass is 468 g/mol. The highest BCUT2D eigenvalue weighted by Crippen LogP contribution is 2.20. The van der Waals surface area contributed by atoms with Crippen LogP contribution in [0.5, 0.6) is 0 Å². The molecule has 3 aromatic carbocycles. The average Bonchev–Trinajstić information content (AvgIpc) is 2.81. The number of ketones is 1. The van der Waals surface area contributed by atoms with E-state index in [1.807, 2.05) is 74.5 Å². The summed E-state index contributed by atoms with van der Waals surface area (Å²) in [4.78, 5) is 17.6. The zero-order chi connectivity index (χ0) is 23.4. The third-order valence-electron chi connectivity index (χ3n) is 5.34. The number of thiocarbonyl (C=S) groups is 1. The molecule has 0 fully saturated rings. The molecule has 0 atom stereocenters. The average molecular weight is 469 g/mol. The minimum absolute atomic E-state index is 0.0705. The minimum atomic E-state index is -0.101. The highest BCUT2D eigenvalue weighted by Gasteiger charge is 2.14. The van der Waals surface area contributed by atoms with Crippen molar-refractivity contribution < 1.29 is 4.79 Å². The van der Waals surface area contributed by atoms with E-state index in [1.54, 1.807) is 12.3 Å².